The van der Waals surface area contributed by atoms with Gasteiger partial charge in [-0.1, -0.05) is 13.0 Å². The first-order valence-corrected chi connectivity index (χ1v) is 9.15. The standard InChI is InChI=1S/C22H29NO4/c1-7-20(27-18-9-8-14(2)15(3)12-18)22(24)23-16(4)19-13-17(25-5)10-11-21(19)26-6/h8-13,16,20H,7H2,1-6H3,(H,23,24)/t16-,20-/m1/s1. The van der Waals surface area contributed by atoms with Gasteiger partial charge in [-0.15, -0.1) is 0 Å². The lowest BCUT2D eigenvalue weighted by molar-refractivity contribution is -0.128. The van der Waals surface area contributed by atoms with Gasteiger partial charge in [-0.2, -0.15) is 0 Å². The van der Waals surface area contributed by atoms with E-state index < -0.39 is 6.10 Å². The molecule has 0 unspecified atom stereocenters. The van der Waals surface area contributed by atoms with Gasteiger partial charge in [0.15, 0.2) is 6.10 Å². The number of hydrogen-bond acceptors (Lipinski definition) is 4. The minimum atomic E-state index is -0.564. The number of aryl methyl sites for hydroxylation is 2. The van der Waals surface area contributed by atoms with Gasteiger partial charge in [-0.25, -0.2) is 0 Å². The summed E-state index contributed by atoms with van der Waals surface area (Å²) < 4.78 is 16.6. The third kappa shape index (κ3) is 5.16. The van der Waals surface area contributed by atoms with Gasteiger partial charge in [0.2, 0.25) is 0 Å². The van der Waals surface area contributed by atoms with Crippen LogP contribution in [0.4, 0.5) is 0 Å². The van der Waals surface area contributed by atoms with E-state index in [9.17, 15) is 4.79 Å². The van der Waals surface area contributed by atoms with Crippen molar-refractivity contribution in [1.29, 1.82) is 0 Å². The lowest BCUT2D eigenvalue weighted by Crippen LogP contribution is -2.39. The van der Waals surface area contributed by atoms with E-state index in [4.69, 9.17) is 14.2 Å². The van der Waals surface area contributed by atoms with Crippen LogP contribution in [0.3, 0.4) is 0 Å². The number of carbonyl (C=O) groups is 1. The molecule has 0 aliphatic carbocycles. The lowest BCUT2D eigenvalue weighted by atomic mass is 10.1. The van der Waals surface area contributed by atoms with Crippen molar-refractivity contribution in [3.63, 3.8) is 0 Å². The van der Waals surface area contributed by atoms with Crippen LogP contribution in [-0.2, 0) is 4.79 Å². The Labute approximate surface area is 161 Å². The number of carbonyl (C=O) groups excluding carboxylic acids is 1. The Morgan fingerprint density at radius 2 is 1.70 bits per heavy atom. The molecule has 1 amide bonds. The van der Waals surface area contributed by atoms with Gasteiger partial charge in [0.05, 0.1) is 20.3 Å². The zero-order chi connectivity index (χ0) is 20.0. The van der Waals surface area contributed by atoms with Crippen LogP contribution in [0.2, 0.25) is 0 Å². The Bertz CT molecular complexity index is 788. The molecular formula is C22H29NO4. The van der Waals surface area contributed by atoms with Crippen molar-refractivity contribution < 1.29 is 19.0 Å². The second-order valence-corrected chi connectivity index (χ2v) is 6.60. The Morgan fingerprint density at radius 1 is 1.00 bits per heavy atom. The molecule has 27 heavy (non-hydrogen) atoms. The molecule has 0 spiro atoms. The van der Waals surface area contributed by atoms with Crippen LogP contribution in [0.1, 0.15) is 43.0 Å². The summed E-state index contributed by atoms with van der Waals surface area (Å²) in [6.45, 7) is 7.92. The summed E-state index contributed by atoms with van der Waals surface area (Å²) in [7, 11) is 3.22. The molecule has 0 bridgehead atoms. The zero-order valence-electron chi connectivity index (χ0n) is 17.0. The average Bonchev–Trinajstić information content (AvgIpc) is 2.67. The highest BCUT2D eigenvalue weighted by molar-refractivity contribution is 5.81. The van der Waals surface area contributed by atoms with Gasteiger partial charge in [-0.3, -0.25) is 4.79 Å². The van der Waals surface area contributed by atoms with E-state index in [0.29, 0.717) is 23.7 Å². The number of hydrogen-bond donors (Lipinski definition) is 1. The third-order valence-corrected chi connectivity index (χ3v) is 4.68. The number of methoxy groups -OCH3 is 2. The number of rotatable bonds is 8. The molecule has 5 nitrogen and oxygen atoms in total. The molecule has 0 aliphatic heterocycles. The van der Waals surface area contributed by atoms with E-state index in [1.165, 1.54) is 5.56 Å². The first-order valence-electron chi connectivity index (χ1n) is 9.15. The predicted octanol–water partition coefficient (Wildman–Crippen LogP) is 4.36. The van der Waals surface area contributed by atoms with Crippen molar-refractivity contribution in [2.24, 2.45) is 0 Å². The second-order valence-electron chi connectivity index (χ2n) is 6.60. The van der Waals surface area contributed by atoms with Gasteiger partial charge >= 0.3 is 0 Å². The molecule has 5 heteroatoms. The molecule has 0 saturated heterocycles. The molecule has 0 saturated carbocycles. The molecule has 1 N–H and O–H groups in total. The summed E-state index contributed by atoms with van der Waals surface area (Å²) in [6.07, 6.45) is 0.00642. The number of ether oxygens (including phenoxy) is 3. The largest absolute Gasteiger partial charge is 0.497 e. The SMILES string of the molecule is CC[C@@H](Oc1ccc(C)c(C)c1)C(=O)N[C@H](C)c1cc(OC)ccc1OC. The van der Waals surface area contributed by atoms with Crippen molar-refractivity contribution in [3.05, 3.63) is 53.1 Å². The van der Waals surface area contributed by atoms with E-state index >= 15 is 0 Å². The highest BCUT2D eigenvalue weighted by Gasteiger charge is 2.22. The highest BCUT2D eigenvalue weighted by atomic mass is 16.5. The predicted molar refractivity (Wildman–Crippen MR) is 107 cm³/mol. The van der Waals surface area contributed by atoms with Crippen LogP contribution in [0.5, 0.6) is 17.2 Å². The maximum absolute atomic E-state index is 12.8. The fourth-order valence-corrected chi connectivity index (χ4v) is 2.84. The lowest BCUT2D eigenvalue weighted by Gasteiger charge is -2.22. The maximum Gasteiger partial charge on any atom is 0.261 e. The topological polar surface area (TPSA) is 56.8 Å². The van der Waals surface area contributed by atoms with E-state index in [2.05, 4.69) is 5.32 Å². The zero-order valence-corrected chi connectivity index (χ0v) is 17.0. The summed E-state index contributed by atoms with van der Waals surface area (Å²) in [4.78, 5) is 12.8. The summed E-state index contributed by atoms with van der Waals surface area (Å²) in [5.74, 6) is 1.96. The van der Waals surface area contributed by atoms with E-state index in [1.807, 2.05) is 64.1 Å². The Balaban J connectivity index is 2.12. The van der Waals surface area contributed by atoms with Crippen LogP contribution >= 0.6 is 0 Å². The summed E-state index contributed by atoms with van der Waals surface area (Å²) >= 11 is 0. The van der Waals surface area contributed by atoms with Crippen LogP contribution in [-0.4, -0.2) is 26.2 Å². The molecule has 0 aliphatic rings. The van der Waals surface area contributed by atoms with Crippen LogP contribution in [0, 0.1) is 13.8 Å². The maximum atomic E-state index is 12.8. The van der Waals surface area contributed by atoms with Crippen molar-refractivity contribution in [2.75, 3.05) is 14.2 Å². The van der Waals surface area contributed by atoms with Crippen LogP contribution < -0.4 is 19.5 Å². The van der Waals surface area contributed by atoms with Crippen molar-refractivity contribution in [3.8, 4) is 17.2 Å². The van der Waals surface area contributed by atoms with Gasteiger partial charge in [0, 0.05) is 5.56 Å². The molecule has 146 valence electrons. The Hall–Kier alpha value is -2.69. The average molecular weight is 371 g/mol. The van der Waals surface area contributed by atoms with Crippen molar-refractivity contribution in [2.45, 2.75) is 46.3 Å². The summed E-state index contributed by atoms with van der Waals surface area (Å²) in [6, 6.07) is 11.1. The minimum Gasteiger partial charge on any atom is -0.497 e. The normalized spacial score (nSPS) is 12.8. The highest BCUT2D eigenvalue weighted by Crippen LogP contribution is 2.29. The molecule has 2 aromatic rings. The van der Waals surface area contributed by atoms with Crippen molar-refractivity contribution >= 4 is 5.91 Å². The molecule has 2 aromatic carbocycles. The second kappa shape index (κ2) is 9.31. The van der Waals surface area contributed by atoms with Crippen LogP contribution in [0.25, 0.3) is 0 Å². The van der Waals surface area contributed by atoms with Gasteiger partial charge < -0.3 is 19.5 Å². The van der Waals surface area contributed by atoms with E-state index in [0.717, 1.165) is 11.1 Å². The smallest absolute Gasteiger partial charge is 0.261 e. The Kier molecular flexibility index (Phi) is 7.11. The molecule has 2 atom stereocenters. The molecule has 0 fully saturated rings. The molecule has 2 rings (SSSR count). The van der Waals surface area contributed by atoms with Gasteiger partial charge in [-0.05, 0) is 68.7 Å². The Morgan fingerprint density at radius 3 is 2.30 bits per heavy atom. The van der Waals surface area contributed by atoms with Crippen molar-refractivity contribution in [1.82, 2.24) is 5.32 Å². The fraction of sp³-hybridized carbons (Fsp3) is 0.409. The molecule has 0 radical (unpaired) electrons. The quantitative estimate of drug-likeness (QED) is 0.749. The number of nitrogens with one attached hydrogen (secondary N) is 1. The molecular weight excluding hydrogens is 342 g/mol. The van der Waals surface area contributed by atoms with Gasteiger partial charge in [0.1, 0.15) is 17.2 Å². The first kappa shape index (κ1) is 20.6. The minimum absolute atomic E-state index is 0.159. The van der Waals surface area contributed by atoms with E-state index in [-0.39, 0.29) is 11.9 Å². The number of amides is 1. The third-order valence-electron chi connectivity index (χ3n) is 4.68. The summed E-state index contributed by atoms with van der Waals surface area (Å²) in [5, 5.41) is 3.02. The fourth-order valence-electron chi connectivity index (χ4n) is 2.84. The van der Waals surface area contributed by atoms with E-state index in [1.54, 1.807) is 14.2 Å². The number of benzene rings is 2. The monoisotopic (exact) mass is 371 g/mol. The van der Waals surface area contributed by atoms with Crippen LogP contribution in [0.15, 0.2) is 36.4 Å². The van der Waals surface area contributed by atoms with Gasteiger partial charge in [0.25, 0.3) is 5.91 Å². The first-order chi connectivity index (χ1) is 12.9. The molecule has 0 aromatic heterocycles. The summed E-state index contributed by atoms with van der Waals surface area (Å²) in [5.41, 5.74) is 3.18. The molecule has 0 heterocycles.